The summed E-state index contributed by atoms with van der Waals surface area (Å²) in [5, 5.41) is 14.6. The molecule has 0 atom stereocenters. The van der Waals surface area contributed by atoms with Gasteiger partial charge in [-0.05, 0) is 134 Å². The number of nitrogens with zero attached hydrogens (tertiary/aromatic N) is 8. The maximum absolute atomic E-state index is 13.7. The summed E-state index contributed by atoms with van der Waals surface area (Å²) in [6.07, 6.45) is 11.2. The normalized spacial score (nSPS) is 12.8. The SMILES string of the molecule is CCc1c(-c2cn(-c3cc(C(=O)Nc4cc(C(F)(F)F)cc(NS(C)(=O)=O)c4OC)ccc3C)cn2)cnn1-c1ccccc1.CCc1c(-c2cn(-c3cc(C(=O)Nc4cc(C5(C)CC5)cc(NS(C)(=O)=O)c4OC)ccc3C)cn2)cnn1-c1ccccc1. The largest absolute Gasteiger partial charge is 0.492 e. The summed E-state index contributed by atoms with van der Waals surface area (Å²) < 4.78 is 112. The molecule has 1 aliphatic rings. The van der Waals surface area contributed by atoms with E-state index < -0.39 is 43.4 Å². The summed E-state index contributed by atoms with van der Waals surface area (Å²) in [6, 6.07) is 35.0. The molecule has 20 nitrogen and oxygen atoms in total. The quantitative estimate of drug-likeness (QED) is 0.0591. The zero-order valence-corrected chi connectivity index (χ0v) is 52.3. The number of sulfonamides is 2. The molecule has 0 saturated heterocycles. The van der Waals surface area contributed by atoms with Crippen LogP contribution in [0.2, 0.25) is 0 Å². The summed E-state index contributed by atoms with van der Waals surface area (Å²) in [6.45, 7) is 10.1. The van der Waals surface area contributed by atoms with Crippen molar-refractivity contribution in [3.05, 3.63) is 204 Å². The minimum absolute atomic E-state index is 0.0783. The number of imidazole rings is 2. The van der Waals surface area contributed by atoms with Crippen molar-refractivity contribution in [1.29, 1.82) is 0 Å². The van der Waals surface area contributed by atoms with E-state index in [0.29, 0.717) is 46.9 Å². The number of halogens is 3. The number of alkyl halides is 3. The number of nitrogens with one attached hydrogen (secondary N) is 4. The maximum Gasteiger partial charge on any atom is 0.416 e. The van der Waals surface area contributed by atoms with Gasteiger partial charge >= 0.3 is 6.18 Å². The highest BCUT2D eigenvalue weighted by atomic mass is 32.2. The van der Waals surface area contributed by atoms with Crippen molar-refractivity contribution < 1.29 is 49.1 Å². The molecule has 10 aromatic rings. The number of hydrogen-bond donors (Lipinski definition) is 4. The van der Waals surface area contributed by atoms with Gasteiger partial charge in [0.2, 0.25) is 20.0 Å². The summed E-state index contributed by atoms with van der Waals surface area (Å²) in [7, 11) is -4.95. The molecule has 11 rings (SSSR count). The number of amides is 2. The van der Waals surface area contributed by atoms with Crippen molar-refractivity contribution in [3.8, 4) is 56.8 Å². The van der Waals surface area contributed by atoms with Crippen molar-refractivity contribution in [1.82, 2.24) is 38.7 Å². The molecule has 25 heteroatoms. The Balaban J connectivity index is 0.000000198. The number of benzene rings is 6. The molecule has 0 aliphatic heterocycles. The molecule has 1 fully saturated rings. The van der Waals surface area contributed by atoms with Crippen LogP contribution in [0.15, 0.2) is 159 Å². The first kappa shape index (κ1) is 63.0. The highest BCUT2D eigenvalue weighted by molar-refractivity contribution is 7.92. The van der Waals surface area contributed by atoms with E-state index in [2.05, 4.69) is 44.4 Å². The Labute approximate surface area is 518 Å². The third-order valence-corrected chi connectivity index (χ3v) is 16.5. The molecular formula is C65H65F3N12O8S2. The van der Waals surface area contributed by atoms with Gasteiger partial charge in [-0.15, -0.1) is 0 Å². The Hall–Kier alpha value is -10.0. The zero-order chi connectivity index (χ0) is 64.5. The van der Waals surface area contributed by atoms with Gasteiger partial charge < -0.3 is 29.2 Å². The third kappa shape index (κ3) is 13.8. The molecule has 466 valence electrons. The molecule has 4 N–H and O–H groups in total. The summed E-state index contributed by atoms with van der Waals surface area (Å²) >= 11 is 0. The first-order valence-electron chi connectivity index (χ1n) is 28.4. The van der Waals surface area contributed by atoms with E-state index in [0.717, 1.165) is 101 Å². The summed E-state index contributed by atoms with van der Waals surface area (Å²) in [5.41, 5.74) is 10.5. The second-order valence-electron chi connectivity index (χ2n) is 22.0. The fourth-order valence-corrected chi connectivity index (χ4v) is 11.6. The second-order valence-corrected chi connectivity index (χ2v) is 25.5. The average molecular weight is 1260 g/mol. The lowest BCUT2D eigenvalue weighted by Crippen LogP contribution is -2.17. The number of carbonyl (C=O) groups excluding carboxylic acids is 2. The van der Waals surface area contributed by atoms with Gasteiger partial charge in [-0.25, -0.2) is 36.2 Å². The molecule has 0 spiro atoms. The fraction of sp³-hybridized carbons (Fsp3) is 0.231. The number of ether oxygens (including phenoxy) is 2. The number of aryl methyl sites for hydroxylation is 2. The molecule has 4 heterocycles. The Kier molecular flexibility index (Phi) is 17.7. The molecule has 1 aliphatic carbocycles. The first-order valence-corrected chi connectivity index (χ1v) is 32.2. The summed E-state index contributed by atoms with van der Waals surface area (Å²) in [5.74, 6) is -1.13. The van der Waals surface area contributed by atoms with Gasteiger partial charge in [0.1, 0.15) is 0 Å². The van der Waals surface area contributed by atoms with Crippen LogP contribution in [0.3, 0.4) is 0 Å². The van der Waals surface area contributed by atoms with Crippen molar-refractivity contribution >= 4 is 54.6 Å². The van der Waals surface area contributed by atoms with E-state index in [9.17, 15) is 39.6 Å². The second kappa shape index (κ2) is 25.2. The molecule has 2 amide bonds. The standard InChI is InChI=1S/C34H36N6O4S.C31H29F3N6O4S/c1-6-30-26(19-36-40(30)25-10-8-7-9-11-25)29-20-39(21-35-29)31-16-23(13-12-22(31)2)33(41)37-27-17-24(34(3)14-15-34)18-28(32(27)44-4)38-45(5,42)43;1-5-27-23(16-36-40(27)22-9-7-6-8-10-22)26-17-39(18-35-26)28-13-20(12-11-19(28)2)30(41)37-24-14-21(31(32,33)34)15-25(29(24)44-3)38-45(4,42)43/h7-13,16-21,38H,6,14-15H2,1-5H3,(H,37,41);6-18,38H,5H2,1-4H3,(H,37,41). The number of carbonyl (C=O) groups is 2. The predicted octanol–water partition coefficient (Wildman–Crippen LogP) is 12.5. The number of aromatic nitrogens is 8. The van der Waals surface area contributed by atoms with Crippen LogP contribution >= 0.6 is 0 Å². The lowest BCUT2D eigenvalue weighted by atomic mass is 9.96. The third-order valence-electron chi connectivity index (χ3n) is 15.3. The number of rotatable bonds is 19. The zero-order valence-electron chi connectivity index (χ0n) is 50.6. The van der Waals surface area contributed by atoms with Crippen molar-refractivity contribution in [2.45, 2.75) is 71.9 Å². The lowest BCUT2D eigenvalue weighted by molar-refractivity contribution is -0.137. The van der Waals surface area contributed by atoms with Crippen LogP contribution in [-0.2, 0) is 44.5 Å². The molecule has 6 aromatic carbocycles. The van der Waals surface area contributed by atoms with Crippen molar-refractivity contribution in [3.63, 3.8) is 0 Å². The number of hydrogen-bond acceptors (Lipinski definition) is 12. The Morgan fingerprint density at radius 1 is 0.589 bits per heavy atom. The highest BCUT2D eigenvalue weighted by Crippen LogP contribution is 2.51. The minimum atomic E-state index is -4.83. The topological polar surface area (TPSA) is 240 Å². The van der Waals surface area contributed by atoms with Crippen LogP contribution in [0, 0.1) is 13.8 Å². The Morgan fingerprint density at radius 3 is 1.38 bits per heavy atom. The van der Waals surface area contributed by atoms with Crippen molar-refractivity contribution in [2.24, 2.45) is 0 Å². The number of methoxy groups -OCH3 is 2. The minimum Gasteiger partial charge on any atom is -0.492 e. The first-order chi connectivity index (χ1) is 42.8. The van der Waals surface area contributed by atoms with Crippen LogP contribution in [0.25, 0.3) is 45.3 Å². The fourth-order valence-electron chi connectivity index (χ4n) is 10.5. The lowest BCUT2D eigenvalue weighted by Gasteiger charge is -2.20. The van der Waals surface area contributed by atoms with Gasteiger partial charge in [-0.1, -0.05) is 69.3 Å². The molecule has 0 radical (unpaired) electrons. The van der Waals surface area contributed by atoms with E-state index in [1.807, 2.05) is 137 Å². The predicted molar refractivity (Wildman–Crippen MR) is 341 cm³/mol. The molecule has 4 aromatic heterocycles. The van der Waals surface area contributed by atoms with Crippen LogP contribution in [-0.4, -0.2) is 94.0 Å². The number of anilines is 4. The maximum atomic E-state index is 13.7. The van der Waals surface area contributed by atoms with E-state index >= 15 is 0 Å². The molecule has 90 heavy (non-hydrogen) atoms. The van der Waals surface area contributed by atoms with Crippen LogP contribution in [0.1, 0.15) is 88.0 Å². The number of para-hydroxylation sites is 2. The molecular weight excluding hydrogens is 1200 g/mol. The van der Waals surface area contributed by atoms with Gasteiger partial charge in [0, 0.05) is 34.6 Å². The monoisotopic (exact) mass is 1260 g/mol. The van der Waals surface area contributed by atoms with Gasteiger partial charge in [-0.2, -0.15) is 23.4 Å². The Bertz CT molecular complexity index is 4300. The average Bonchev–Trinajstić information content (AvgIpc) is 1.56. The smallest absolute Gasteiger partial charge is 0.416 e. The van der Waals surface area contributed by atoms with E-state index in [1.54, 1.807) is 47.7 Å². The van der Waals surface area contributed by atoms with Crippen molar-refractivity contribution in [2.75, 3.05) is 46.8 Å². The van der Waals surface area contributed by atoms with Crippen LogP contribution < -0.4 is 29.6 Å². The van der Waals surface area contributed by atoms with E-state index in [-0.39, 0.29) is 34.1 Å². The van der Waals surface area contributed by atoms with Crippen LogP contribution in [0.5, 0.6) is 11.5 Å². The summed E-state index contributed by atoms with van der Waals surface area (Å²) in [4.78, 5) is 36.3. The molecule has 0 unspecified atom stereocenters. The van der Waals surface area contributed by atoms with Gasteiger partial charge in [0.05, 0.1) is 126 Å². The van der Waals surface area contributed by atoms with E-state index in [1.165, 1.54) is 13.2 Å². The van der Waals surface area contributed by atoms with E-state index in [4.69, 9.17) is 14.5 Å². The highest BCUT2D eigenvalue weighted by Gasteiger charge is 2.40. The van der Waals surface area contributed by atoms with Gasteiger partial charge in [0.15, 0.2) is 11.5 Å². The van der Waals surface area contributed by atoms with Gasteiger partial charge in [0.25, 0.3) is 11.8 Å². The van der Waals surface area contributed by atoms with Crippen LogP contribution in [0.4, 0.5) is 35.9 Å². The Morgan fingerprint density at radius 2 is 0.989 bits per heavy atom. The van der Waals surface area contributed by atoms with Gasteiger partial charge in [-0.3, -0.25) is 19.0 Å². The molecule has 1 saturated carbocycles. The molecule has 0 bridgehead atoms.